The Morgan fingerprint density at radius 1 is 1.00 bits per heavy atom. The van der Waals surface area contributed by atoms with E-state index in [2.05, 4.69) is 10.6 Å². The van der Waals surface area contributed by atoms with Gasteiger partial charge in [-0.2, -0.15) is 0 Å². The molecule has 2 unspecified atom stereocenters. The second kappa shape index (κ2) is 6.83. The highest BCUT2D eigenvalue weighted by Crippen LogP contribution is 2.41. The Labute approximate surface area is 150 Å². The third-order valence-corrected chi connectivity index (χ3v) is 4.78. The summed E-state index contributed by atoms with van der Waals surface area (Å²) < 4.78 is 0. The summed E-state index contributed by atoms with van der Waals surface area (Å²) in [6.07, 6.45) is 0.529. The zero-order chi connectivity index (χ0) is 17.3. The Balaban J connectivity index is 1.59. The SMILES string of the molecule is Cc1cccc(NC(=O)C2CC2C(=O)Nc2cccc(Cl)c2Cl)c1. The topological polar surface area (TPSA) is 58.2 Å². The first-order chi connectivity index (χ1) is 11.5. The van der Waals surface area contributed by atoms with Crippen LogP contribution in [0.5, 0.6) is 0 Å². The molecule has 2 aromatic carbocycles. The van der Waals surface area contributed by atoms with E-state index < -0.39 is 0 Å². The lowest BCUT2D eigenvalue weighted by molar-refractivity contribution is -0.122. The highest BCUT2D eigenvalue weighted by atomic mass is 35.5. The molecule has 1 fully saturated rings. The van der Waals surface area contributed by atoms with Crippen LogP contribution >= 0.6 is 23.2 Å². The minimum absolute atomic E-state index is 0.141. The number of hydrogen-bond acceptors (Lipinski definition) is 2. The number of amides is 2. The first-order valence-electron chi connectivity index (χ1n) is 7.58. The van der Waals surface area contributed by atoms with Crippen LogP contribution in [0.1, 0.15) is 12.0 Å². The molecule has 2 amide bonds. The highest BCUT2D eigenvalue weighted by molar-refractivity contribution is 6.44. The van der Waals surface area contributed by atoms with E-state index in [-0.39, 0.29) is 23.7 Å². The Morgan fingerprint density at radius 3 is 2.38 bits per heavy atom. The van der Waals surface area contributed by atoms with Crippen molar-refractivity contribution >= 4 is 46.4 Å². The largest absolute Gasteiger partial charge is 0.326 e. The third-order valence-electron chi connectivity index (χ3n) is 3.96. The molecule has 24 heavy (non-hydrogen) atoms. The number of carbonyl (C=O) groups is 2. The Kier molecular flexibility index (Phi) is 4.78. The lowest BCUT2D eigenvalue weighted by atomic mass is 10.2. The van der Waals surface area contributed by atoms with E-state index in [1.807, 2.05) is 31.2 Å². The quantitative estimate of drug-likeness (QED) is 0.839. The number of halogens is 2. The Morgan fingerprint density at radius 2 is 1.67 bits per heavy atom. The molecule has 124 valence electrons. The fourth-order valence-corrected chi connectivity index (χ4v) is 2.91. The van der Waals surface area contributed by atoms with Crippen LogP contribution in [-0.4, -0.2) is 11.8 Å². The lowest BCUT2D eigenvalue weighted by Crippen LogP contribution is -2.20. The summed E-state index contributed by atoms with van der Waals surface area (Å²) in [6, 6.07) is 12.6. The minimum Gasteiger partial charge on any atom is -0.326 e. The van der Waals surface area contributed by atoms with Gasteiger partial charge in [-0.15, -0.1) is 0 Å². The van der Waals surface area contributed by atoms with Gasteiger partial charge in [0.1, 0.15) is 0 Å². The fourth-order valence-electron chi connectivity index (χ4n) is 2.56. The number of aryl methyl sites for hydroxylation is 1. The average Bonchev–Trinajstić information content (AvgIpc) is 3.32. The van der Waals surface area contributed by atoms with Gasteiger partial charge < -0.3 is 10.6 Å². The van der Waals surface area contributed by atoms with Crippen LogP contribution in [0.2, 0.25) is 10.0 Å². The molecule has 2 aromatic rings. The number of rotatable bonds is 4. The maximum atomic E-state index is 12.3. The first-order valence-corrected chi connectivity index (χ1v) is 8.33. The molecule has 1 aliphatic rings. The van der Waals surface area contributed by atoms with Crippen LogP contribution in [0.15, 0.2) is 42.5 Å². The molecular weight excluding hydrogens is 347 g/mol. The van der Waals surface area contributed by atoms with Gasteiger partial charge in [0.15, 0.2) is 0 Å². The van der Waals surface area contributed by atoms with Gasteiger partial charge in [-0.25, -0.2) is 0 Å². The molecule has 0 saturated heterocycles. The van der Waals surface area contributed by atoms with E-state index in [9.17, 15) is 9.59 Å². The molecule has 1 aliphatic carbocycles. The van der Waals surface area contributed by atoms with Gasteiger partial charge >= 0.3 is 0 Å². The molecule has 4 nitrogen and oxygen atoms in total. The van der Waals surface area contributed by atoms with Crippen molar-refractivity contribution in [2.24, 2.45) is 11.8 Å². The van der Waals surface area contributed by atoms with E-state index in [4.69, 9.17) is 23.2 Å². The predicted molar refractivity (Wildman–Crippen MR) is 96.5 cm³/mol. The zero-order valence-corrected chi connectivity index (χ0v) is 14.5. The highest BCUT2D eigenvalue weighted by Gasteiger charge is 2.48. The van der Waals surface area contributed by atoms with Gasteiger partial charge in [-0.05, 0) is 43.2 Å². The monoisotopic (exact) mass is 362 g/mol. The molecule has 1 saturated carbocycles. The molecule has 0 aliphatic heterocycles. The van der Waals surface area contributed by atoms with E-state index in [0.717, 1.165) is 11.3 Å². The average molecular weight is 363 g/mol. The molecule has 3 rings (SSSR count). The second-order valence-corrected chi connectivity index (χ2v) is 6.68. The minimum atomic E-state index is -0.343. The number of hydrogen-bond donors (Lipinski definition) is 2. The van der Waals surface area contributed by atoms with Crippen LogP contribution in [0.25, 0.3) is 0 Å². The van der Waals surface area contributed by atoms with Gasteiger partial charge in [-0.3, -0.25) is 9.59 Å². The first kappa shape index (κ1) is 16.8. The molecule has 0 radical (unpaired) electrons. The second-order valence-electron chi connectivity index (χ2n) is 5.90. The number of benzene rings is 2. The maximum absolute atomic E-state index is 12.3. The van der Waals surface area contributed by atoms with Crippen LogP contribution in [0.4, 0.5) is 11.4 Å². The van der Waals surface area contributed by atoms with E-state index in [0.29, 0.717) is 22.2 Å². The van der Waals surface area contributed by atoms with Crippen LogP contribution in [0, 0.1) is 18.8 Å². The van der Waals surface area contributed by atoms with Gasteiger partial charge in [0.25, 0.3) is 0 Å². The number of nitrogens with one attached hydrogen (secondary N) is 2. The number of carbonyl (C=O) groups excluding carboxylic acids is 2. The Hall–Kier alpha value is -2.04. The lowest BCUT2D eigenvalue weighted by Gasteiger charge is -2.08. The van der Waals surface area contributed by atoms with Gasteiger partial charge in [-0.1, -0.05) is 41.4 Å². The summed E-state index contributed by atoms with van der Waals surface area (Å²) in [5.41, 5.74) is 2.26. The smallest absolute Gasteiger partial charge is 0.228 e. The summed E-state index contributed by atoms with van der Waals surface area (Å²) in [7, 11) is 0. The molecule has 0 spiro atoms. The molecule has 0 heterocycles. The third kappa shape index (κ3) is 3.71. The summed E-state index contributed by atoms with van der Waals surface area (Å²) in [5.74, 6) is -1.02. The maximum Gasteiger partial charge on any atom is 0.228 e. The van der Waals surface area contributed by atoms with Crippen molar-refractivity contribution in [1.82, 2.24) is 0 Å². The van der Waals surface area contributed by atoms with Crippen LogP contribution in [0.3, 0.4) is 0 Å². The normalized spacial score (nSPS) is 18.8. The molecule has 0 bridgehead atoms. The standard InChI is InChI=1S/C18H16Cl2N2O2/c1-10-4-2-5-11(8-10)21-17(23)12-9-13(12)18(24)22-15-7-3-6-14(19)16(15)20/h2-8,12-13H,9H2,1H3,(H,21,23)(H,22,24). The van der Waals surface area contributed by atoms with Crippen molar-refractivity contribution in [3.05, 3.63) is 58.1 Å². The van der Waals surface area contributed by atoms with Crippen LogP contribution in [-0.2, 0) is 9.59 Å². The summed E-state index contributed by atoms with van der Waals surface area (Å²) in [5, 5.41) is 6.26. The van der Waals surface area contributed by atoms with Crippen molar-refractivity contribution in [2.75, 3.05) is 10.6 Å². The summed E-state index contributed by atoms with van der Waals surface area (Å²) in [4.78, 5) is 24.5. The fraction of sp³-hybridized carbons (Fsp3) is 0.222. The molecule has 2 atom stereocenters. The van der Waals surface area contributed by atoms with E-state index in [1.54, 1.807) is 18.2 Å². The van der Waals surface area contributed by atoms with Crippen molar-refractivity contribution in [3.63, 3.8) is 0 Å². The van der Waals surface area contributed by atoms with Gasteiger partial charge in [0.05, 0.1) is 27.6 Å². The zero-order valence-electron chi connectivity index (χ0n) is 13.0. The summed E-state index contributed by atoms with van der Waals surface area (Å²) in [6.45, 7) is 1.96. The van der Waals surface area contributed by atoms with Gasteiger partial charge in [0.2, 0.25) is 11.8 Å². The molecule has 2 N–H and O–H groups in total. The van der Waals surface area contributed by atoms with E-state index >= 15 is 0 Å². The van der Waals surface area contributed by atoms with Crippen molar-refractivity contribution < 1.29 is 9.59 Å². The van der Waals surface area contributed by atoms with E-state index in [1.165, 1.54) is 0 Å². The van der Waals surface area contributed by atoms with Gasteiger partial charge in [0, 0.05) is 5.69 Å². The van der Waals surface area contributed by atoms with Crippen LogP contribution < -0.4 is 10.6 Å². The Bertz CT molecular complexity index is 807. The van der Waals surface area contributed by atoms with Crippen molar-refractivity contribution in [3.8, 4) is 0 Å². The van der Waals surface area contributed by atoms with Crippen molar-refractivity contribution in [1.29, 1.82) is 0 Å². The molecule has 0 aromatic heterocycles. The summed E-state index contributed by atoms with van der Waals surface area (Å²) >= 11 is 12.0. The molecule has 6 heteroatoms. The number of anilines is 2. The predicted octanol–water partition coefficient (Wildman–Crippen LogP) is 4.52. The van der Waals surface area contributed by atoms with Crippen molar-refractivity contribution in [2.45, 2.75) is 13.3 Å². The molecular formula is C18H16Cl2N2O2.